The lowest BCUT2D eigenvalue weighted by Gasteiger charge is -2.31. The molecule has 102 valence electrons. The Kier molecular flexibility index (Phi) is 7.14. The van der Waals surface area contributed by atoms with E-state index in [1.54, 1.807) is 0 Å². The van der Waals surface area contributed by atoms with Gasteiger partial charge in [-0.25, -0.2) is 0 Å². The van der Waals surface area contributed by atoms with Gasteiger partial charge in [0.25, 0.3) is 0 Å². The van der Waals surface area contributed by atoms with Gasteiger partial charge in [-0.05, 0) is 31.6 Å². The highest BCUT2D eigenvalue weighted by molar-refractivity contribution is 4.85. The molecule has 1 fully saturated rings. The lowest BCUT2D eigenvalue weighted by molar-refractivity contribution is 0.0997. The van der Waals surface area contributed by atoms with Crippen molar-refractivity contribution in [1.29, 1.82) is 0 Å². The SMILES string of the molecule is CC(C)CCOCCC1(N)CCCCCCC1. The number of rotatable bonds is 6. The Bertz CT molecular complexity index is 183. The van der Waals surface area contributed by atoms with Crippen molar-refractivity contribution in [1.82, 2.24) is 0 Å². The third-order valence-corrected chi connectivity index (χ3v) is 3.93. The molecule has 1 rings (SSSR count). The molecule has 0 spiro atoms. The lowest BCUT2D eigenvalue weighted by atomic mass is 9.82. The van der Waals surface area contributed by atoms with Gasteiger partial charge < -0.3 is 10.5 Å². The second-order valence-corrected chi connectivity index (χ2v) is 6.18. The molecule has 2 heteroatoms. The summed E-state index contributed by atoms with van der Waals surface area (Å²) in [6, 6.07) is 0. The van der Waals surface area contributed by atoms with E-state index in [0.29, 0.717) is 0 Å². The van der Waals surface area contributed by atoms with E-state index in [9.17, 15) is 0 Å². The van der Waals surface area contributed by atoms with Crippen molar-refractivity contribution in [3.05, 3.63) is 0 Å². The quantitative estimate of drug-likeness (QED) is 0.716. The molecule has 0 aromatic heterocycles. The fraction of sp³-hybridized carbons (Fsp3) is 1.00. The third-order valence-electron chi connectivity index (χ3n) is 3.93. The van der Waals surface area contributed by atoms with Crippen LogP contribution in [0.5, 0.6) is 0 Å². The van der Waals surface area contributed by atoms with Crippen LogP contribution in [0.2, 0.25) is 0 Å². The summed E-state index contributed by atoms with van der Waals surface area (Å²) in [6.07, 6.45) is 11.4. The first kappa shape index (κ1) is 15.0. The van der Waals surface area contributed by atoms with Crippen LogP contribution in [0.3, 0.4) is 0 Å². The van der Waals surface area contributed by atoms with Crippen LogP contribution in [-0.2, 0) is 4.74 Å². The third kappa shape index (κ3) is 7.05. The predicted octanol–water partition coefficient (Wildman–Crippen LogP) is 3.88. The summed E-state index contributed by atoms with van der Waals surface area (Å²) in [4.78, 5) is 0. The number of hydrogen-bond acceptors (Lipinski definition) is 2. The Balaban J connectivity index is 2.13. The van der Waals surface area contributed by atoms with Gasteiger partial charge in [0.15, 0.2) is 0 Å². The molecule has 17 heavy (non-hydrogen) atoms. The van der Waals surface area contributed by atoms with Gasteiger partial charge in [-0.15, -0.1) is 0 Å². The molecule has 2 N–H and O–H groups in total. The fourth-order valence-electron chi connectivity index (χ4n) is 2.56. The Morgan fingerprint density at radius 2 is 1.59 bits per heavy atom. The van der Waals surface area contributed by atoms with E-state index >= 15 is 0 Å². The summed E-state index contributed by atoms with van der Waals surface area (Å²) in [5.74, 6) is 0.739. The molecule has 0 aliphatic heterocycles. The summed E-state index contributed by atoms with van der Waals surface area (Å²) in [7, 11) is 0. The number of hydrogen-bond donors (Lipinski definition) is 1. The summed E-state index contributed by atoms with van der Waals surface area (Å²) < 4.78 is 5.70. The van der Waals surface area contributed by atoms with Crippen molar-refractivity contribution in [2.24, 2.45) is 11.7 Å². The first-order valence-corrected chi connectivity index (χ1v) is 7.49. The van der Waals surface area contributed by atoms with Crippen molar-refractivity contribution >= 4 is 0 Å². The molecule has 0 aromatic rings. The fourth-order valence-corrected chi connectivity index (χ4v) is 2.56. The Labute approximate surface area is 107 Å². The summed E-state index contributed by atoms with van der Waals surface area (Å²) >= 11 is 0. The van der Waals surface area contributed by atoms with Crippen molar-refractivity contribution in [2.45, 2.75) is 77.2 Å². The van der Waals surface area contributed by atoms with Crippen molar-refractivity contribution < 1.29 is 4.74 Å². The van der Waals surface area contributed by atoms with Crippen molar-refractivity contribution in [3.8, 4) is 0 Å². The van der Waals surface area contributed by atoms with Gasteiger partial charge in [-0.2, -0.15) is 0 Å². The first-order chi connectivity index (χ1) is 8.12. The van der Waals surface area contributed by atoms with Crippen molar-refractivity contribution in [3.63, 3.8) is 0 Å². The number of ether oxygens (including phenoxy) is 1. The summed E-state index contributed by atoms with van der Waals surface area (Å²) in [5.41, 5.74) is 6.56. The lowest BCUT2D eigenvalue weighted by Crippen LogP contribution is -2.41. The molecule has 0 atom stereocenters. The molecule has 0 saturated heterocycles. The first-order valence-electron chi connectivity index (χ1n) is 7.49. The van der Waals surface area contributed by atoms with Crippen LogP contribution in [0.15, 0.2) is 0 Å². The van der Waals surface area contributed by atoms with Crippen LogP contribution in [0.25, 0.3) is 0 Å². The van der Waals surface area contributed by atoms with Gasteiger partial charge in [0.2, 0.25) is 0 Å². The molecule has 1 aliphatic rings. The van der Waals surface area contributed by atoms with E-state index in [4.69, 9.17) is 10.5 Å². The Morgan fingerprint density at radius 3 is 2.18 bits per heavy atom. The molecule has 2 nitrogen and oxygen atoms in total. The zero-order valence-electron chi connectivity index (χ0n) is 11.8. The minimum Gasteiger partial charge on any atom is -0.381 e. The smallest absolute Gasteiger partial charge is 0.0483 e. The average Bonchev–Trinajstić information content (AvgIpc) is 2.23. The van der Waals surface area contributed by atoms with Gasteiger partial charge in [0.05, 0.1) is 0 Å². The highest BCUT2D eigenvalue weighted by Crippen LogP contribution is 2.26. The van der Waals surface area contributed by atoms with E-state index in [1.165, 1.54) is 44.9 Å². The Morgan fingerprint density at radius 1 is 1.00 bits per heavy atom. The second-order valence-electron chi connectivity index (χ2n) is 6.18. The average molecular weight is 241 g/mol. The molecule has 0 unspecified atom stereocenters. The maximum atomic E-state index is 6.49. The van der Waals surface area contributed by atoms with E-state index in [-0.39, 0.29) is 5.54 Å². The molecular formula is C15H31NO. The standard InChI is InChI=1S/C15H31NO/c1-14(2)8-12-17-13-11-15(16)9-6-4-3-5-7-10-15/h14H,3-13,16H2,1-2H3. The number of nitrogens with two attached hydrogens (primary N) is 1. The van der Waals surface area contributed by atoms with Crippen LogP contribution < -0.4 is 5.73 Å². The zero-order chi connectivity index (χ0) is 12.6. The second kappa shape index (κ2) is 8.10. The van der Waals surface area contributed by atoms with Crippen LogP contribution in [0.4, 0.5) is 0 Å². The van der Waals surface area contributed by atoms with E-state index in [1.807, 2.05) is 0 Å². The molecular weight excluding hydrogens is 210 g/mol. The highest BCUT2D eigenvalue weighted by Gasteiger charge is 2.24. The molecule has 0 amide bonds. The van der Waals surface area contributed by atoms with Gasteiger partial charge in [-0.3, -0.25) is 0 Å². The largest absolute Gasteiger partial charge is 0.381 e. The van der Waals surface area contributed by atoms with Crippen LogP contribution >= 0.6 is 0 Å². The highest BCUT2D eigenvalue weighted by atomic mass is 16.5. The Hall–Kier alpha value is -0.0800. The molecule has 0 bridgehead atoms. The van der Waals surface area contributed by atoms with Crippen LogP contribution in [-0.4, -0.2) is 18.8 Å². The normalized spacial score (nSPS) is 21.2. The van der Waals surface area contributed by atoms with Gasteiger partial charge >= 0.3 is 0 Å². The molecule has 1 saturated carbocycles. The van der Waals surface area contributed by atoms with Crippen LogP contribution in [0.1, 0.15) is 71.6 Å². The maximum Gasteiger partial charge on any atom is 0.0483 e. The summed E-state index contributed by atoms with van der Waals surface area (Å²) in [6.45, 7) is 6.22. The van der Waals surface area contributed by atoms with Crippen molar-refractivity contribution in [2.75, 3.05) is 13.2 Å². The molecule has 0 aromatic carbocycles. The molecule has 0 radical (unpaired) electrons. The van der Waals surface area contributed by atoms with Gasteiger partial charge in [-0.1, -0.05) is 46.0 Å². The van der Waals surface area contributed by atoms with Gasteiger partial charge in [0.1, 0.15) is 0 Å². The molecule has 1 aliphatic carbocycles. The minimum absolute atomic E-state index is 0.0677. The van der Waals surface area contributed by atoms with Gasteiger partial charge in [0, 0.05) is 18.8 Å². The van der Waals surface area contributed by atoms with E-state index < -0.39 is 0 Å². The summed E-state index contributed by atoms with van der Waals surface area (Å²) in [5, 5.41) is 0. The van der Waals surface area contributed by atoms with E-state index in [0.717, 1.165) is 32.0 Å². The predicted molar refractivity (Wildman–Crippen MR) is 74.1 cm³/mol. The topological polar surface area (TPSA) is 35.2 Å². The maximum absolute atomic E-state index is 6.49. The van der Waals surface area contributed by atoms with Crippen LogP contribution in [0, 0.1) is 5.92 Å². The minimum atomic E-state index is 0.0677. The molecule has 0 heterocycles. The van der Waals surface area contributed by atoms with E-state index in [2.05, 4.69) is 13.8 Å². The monoisotopic (exact) mass is 241 g/mol. The zero-order valence-corrected chi connectivity index (χ0v) is 11.8.